The van der Waals surface area contributed by atoms with Crippen LogP contribution in [0.25, 0.3) is 0 Å². The first kappa shape index (κ1) is 88.9. The van der Waals surface area contributed by atoms with Gasteiger partial charge in [-0.2, -0.15) is 13.2 Å². The topological polar surface area (TPSA) is 578 Å². The van der Waals surface area contributed by atoms with Crippen molar-refractivity contribution in [1.29, 1.82) is 0 Å². The quantitative estimate of drug-likeness (QED) is 0.0712. The fraction of sp³-hybridized carbons (Fsp3) is 0.120. The molecule has 42 N–H and O–H groups in total. The molecule has 576 valence electrons. The van der Waals surface area contributed by atoms with E-state index in [1.807, 2.05) is 146 Å². The number of carboxylic acid groups (broad SMARTS) is 1. The minimum absolute atomic E-state index is 0.0523. The van der Waals surface area contributed by atoms with Crippen molar-refractivity contribution >= 4 is 120 Å². The van der Waals surface area contributed by atoms with Crippen molar-refractivity contribution in [2.24, 2.45) is 0 Å². The molecule has 0 bridgehead atoms. The number of carbonyl (C=O) groups is 1. The summed E-state index contributed by atoms with van der Waals surface area (Å²) in [5.74, 6) is -0.920. The van der Waals surface area contributed by atoms with Crippen molar-refractivity contribution in [3.63, 3.8) is 0 Å². The fourth-order valence-corrected chi connectivity index (χ4v) is 9.54. The summed E-state index contributed by atoms with van der Waals surface area (Å²) in [5.41, 5.74) is 134. The highest BCUT2D eigenvalue weighted by molar-refractivity contribution is 5.90. The minimum Gasteiger partial charge on any atom is -0.508 e. The van der Waals surface area contributed by atoms with Gasteiger partial charge in [0.25, 0.3) is 0 Å². The van der Waals surface area contributed by atoms with E-state index in [1.54, 1.807) is 60.7 Å². The summed E-state index contributed by atoms with van der Waals surface area (Å²) < 4.78 is 36.3. The predicted octanol–water partition coefficient (Wildman–Crippen LogP) is 14.3. The average Bonchev–Trinajstić information content (AvgIpc) is 0.806. The summed E-state index contributed by atoms with van der Waals surface area (Å²) >= 11 is 0. The van der Waals surface area contributed by atoms with Crippen LogP contribution in [0.15, 0.2) is 231 Å². The standard InChI is InChI=1S/2C13H14N2.C10H16N2.C8H12N2.C7H7F3N2.C7H8N2O2.C7H10N2.C6H8N2O.2C6H8N2/c14-12-7-11(8-13(15)9-12)6-10-4-2-1-3-5-10;14-12-6-7-13(15)11(9-12)8-10-4-2-1-3-5-10;1-5-6(2)10(12)8(4)7(3)9(5)11;1-5-3-8(10)6(2)4-7(5)9;8-7(9,10)5-3-4(11)1-2-6(5)12;8-5-1-4(7(10)11)2-6(9)3-5;1-5-4-6(8)2-3-7(5)9;7-4-1-5(8)3-6(9)2-4;7-5-1-2-6(8)4-3-5;7-5-2-1-3-6(8)4-5/h1-5,7-9H,6,14-15H2;1-7,9H,8,14-15H2;11-12H2,1-4H3;3-4H,9-10H2,1-2H3;1-3H,11-12H2;1-3H,8-9H2,(H,10,11);2-4H,8-9H2,1H3;1-3,9H,7-8H2;2*1-4H,7-8H2. The van der Waals surface area contributed by atoms with Gasteiger partial charge in [0.2, 0.25) is 0 Å². The van der Waals surface area contributed by atoms with Gasteiger partial charge < -0.3 is 125 Å². The van der Waals surface area contributed by atoms with Crippen LogP contribution in [0, 0.1) is 48.5 Å². The molecule has 26 heteroatoms. The van der Waals surface area contributed by atoms with Crippen LogP contribution in [-0.2, 0) is 19.0 Å². The van der Waals surface area contributed by atoms with Crippen LogP contribution in [0.3, 0.4) is 0 Å². The molecule has 0 saturated carbocycles. The number of phenolic OH excluding ortho intramolecular Hbond substituents is 1. The number of aromatic carboxylic acids is 1. The van der Waals surface area contributed by atoms with Crippen molar-refractivity contribution in [2.75, 3.05) is 115 Å². The molecule has 0 amide bonds. The first-order chi connectivity index (χ1) is 51.0. The Bertz CT molecular complexity index is 4590. The van der Waals surface area contributed by atoms with Gasteiger partial charge in [-0.1, -0.05) is 66.7 Å². The van der Waals surface area contributed by atoms with Gasteiger partial charge in [-0.25, -0.2) is 4.79 Å². The van der Waals surface area contributed by atoms with Gasteiger partial charge in [0.05, 0.1) is 11.1 Å². The lowest BCUT2D eigenvalue weighted by molar-refractivity contribution is -0.136. The molecule has 0 fully saturated rings. The van der Waals surface area contributed by atoms with E-state index in [1.165, 1.54) is 47.5 Å². The van der Waals surface area contributed by atoms with Gasteiger partial charge in [-0.05, 0) is 274 Å². The van der Waals surface area contributed by atoms with Crippen molar-refractivity contribution in [1.82, 2.24) is 0 Å². The number of carboxylic acids is 1. The molecule has 12 aromatic rings. The minimum atomic E-state index is -4.43. The molecule has 0 saturated heterocycles. The smallest absolute Gasteiger partial charge is 0.418 e. The third-order valence-corrected chi connectivity index (χ3v) is 15.8. The van der Waals surface area contributed by atoms with E-state index in [2.05, 4.69) is 24.3 Å². The number of aryl methyl sites for hydroxylation is 3. The molecule has 12 aromatic carbocycles. The Kier molecular flexibility index (Phi) is 35.1. The Morgan fingerprint density at radius 3 is 0.963 bits per heavy atom. The van der Waals surface area contributed by atoms with E-state index < -0.39 is 17.7 Å². The summed E-state index contributed by atoms with van der Waals surface area (Å²) in [6, 6.07) is 67.3. The molecule has 0 aliphatic carbocycles. The van der Waals surface area contributed by atoms with Gasteiger partial charge in [0.15, 0.2) is 0 Å². The monoisotopic (exact) mass is 1490 g/mol. The Morgan fingerprint density at radius 1 is 0.294 bits per heavy atom. The summed E-state index contributed by atoms with van der Waals surface area (Å²) in [7, 11) is 0. The van der Waals surface area contributed by atoms with Crippen LogP contribution in [0.4, 0.5) is 127 Å². The zero-order chi connectivity index (χ0) is 82.0. The largest absolute Gasteiger partial charge is 0.508 e. The first-order valence-corrected chi connectivity index (χ1v) is 33.4. The number of phenols is 1. The number of hydrogen-bond donors (Lipinski definition) is 22. The summed E-state index contributed by atoms with van der Waals surface area (Å²) in [6.07, 6.45) is -2.73. The summed E-state index contributed by atoms with van der Waals surface area (Å²) in [6.45, 7) is 13.9. The number of hydrogen-bond acceptors (Lipinski definition) is 22. The Balaban J connectivity index is 0.000000316. The summed E-state index contributed by atoms with van der Waals surface area (Å²) in [5, 5.41) is 17.4. The second-order valence-electron chi connectivity index (χ2n) is 25.0. The Labute approximate surface area is 635 Å². The van der Waals surface area contributed by atoms with E-state index >= 15 is 0 Å². The molecular weight excluding hydrogens is 1380 g/mol. The van der Waals surface area contributed by atoms with Gasteiger partial charge in [-0.15, -0.1) is 0 Å². The molecule has 0 atom stereocenters. The molecule has 0 aromatic heterocycles. The van der Waals surface area contributed by atoms with Gasteiger partial charge >= 0.3 is 12.1 Å². The third kappa shape index (κ3) is 32.9. The number of halogens is 3. The van der Waals surface area contributed by atoms with Crippen molar-refractivity contribution in [2.45, 2.75) is 67.5 Å². The van der Waals surface area contributed by atoms with Gasteiger partial charge in [0.1, 0.15) is 5.75 Å². The average molecular weight is 1490 g/mol. The number of nitrogens with two attached hydrogens (primary N) is 20. The lowest BCUT2D eigenvalue weighted by Crippen LogP contribution is -2.09. The molecule has 0 unspecified atom stereocenters. The molecule has 0 aliphatic heterocycles. The SMILES string of the molecule is Cc1c(C)c(N)c(C)c(C)c1N.Cc1cc(N)c(C)cc1N.Cc1cc(N)ccc1N.Nc1cc(N)cc(C(=O)O)c1.Nc1cc(N)cc(Cc2ccccc2)c1.Nc1cc(N)cc(O)c1.Nc1ccc(N)c(C(F)(F)F)c1.Nc1ccc(N)c(Cc2ccccc2)c1.Nc1ccc(N)cc1.Nc1cccc(N)c1. The van der Waals surface area contributed by atoms with Crippen LogP contribution in [-0.4, -0.2) is 16.2 Å². The molecule has 23 nitrogen and oxygen atoms in total. The van der Waals surface area contributed by atoms with Crippen LogP contribution < -0.4 is 115 Å². The molecule has 109 heavy (non-hydrogen) atoms. The molecule has 0 spiro atoms. The highest BCUT2D eigenvalue weighted by Gasteiger charge is 2.33. The Morgan fingerprint density at radius 2 is 0.615 bits per heavy atom. The molecule has 0 radical (unpaired) electrons. The highest BCUT2D eigenvalue weighted by atomic mass is 19.4. The number of alkyl halides is 3. The number of rotatable bonds is 5. The number of aromatic hydroxyl groups is 1. The van der Waals surface area contributed by atoms with E-state index in [9.17, 15) is 18.0 Å². The molecular formula is C83H105F3N20O3. The number of nitrogen functional groups attached to an aromatic ring is 20. The van der Waals surface area contributed by atoms with Crippen LogP contribution in [0.5, 0.6) is 5.75 Å². The second-order valence-corrected chi connectivity index (χ2v) is 25.0. The molecule has 0 heterocycles. The van der Waals surface area contributed by atoms with E-state index in [0.717, 1.165) is 143 Å². The fourth-order valence-electron chi connectivity index (χ4n) is 9.54. The van der Waals surface area contributed by atoms with Crippen molar-refractivity contribution in [3.8, 4) is 5.75 Å². The predicted molar refractivity (Wildman–Crippen MR) is 458 cm³/mol. The van der Waals surface area contributed by atoms with E-state index in [-0.39, 0.29) is 22.7 Å². The lowest BCUT2D eigenvalue weighted by atomic mass is 9.97. The maximum Gasteiger partial charge on any atom is 0.418 e. The van der Waals surface area contributed by atoms with Gasteiger partial charge in [0, 0.05) is 126 Å². The van der Waals surface area contributed by atoms with E-state index in [0.29, 0.717) is 34.1 Å². The number of anilines is 20. The van der Waals surface area contributed by atoms with Gasteiger partial charge in [-0.3, -0.25) is 0 Å². The zero-order valence-electron chi connectivity index (χ0n) is 62.3. The van der Waals surface area contributed by atoms with Crippen LogP contribution in [0.1, 0.15) is 77.1 Å². The lowest BCUT2D eigenvalue weighted by Gasteiger charge is -2.14. The zero-order valence-corrected chi connectivity index (χ0v) is 62.3. The maximum atomic E-state index is 12.1. The maximum absolute atomic E-state index is 12.1. The normalized spacial score (nSPS) is 9.93. The third-order valence-electron chi connectivity index (χ3n) is 15.8. The van der Waals surface area contributed by atoms with Crippen molar-refractivity contribution in [3.05, 3.63) is 303 Å². The Hall–Kier alpha value is -14.3. The molecule has 0 aliphatic rings. The van der Waals surface area contributed by atoms with Crippen LogP contribution in [0.2, 0.25) is 0 Å². The number of benzene rings is 12. The summed E-state index contributed by atoms with van der Waals surface area (Å²) in [4.78, 5) is 10.4. The highest BCUT2D eigenvalue weighted by Crippen LogP contribution is 2.35. The van der Waals surface area contributed by atoms with Crippen molar-refractivity contribution < 1.29 is 28.2 Å². The first-order valence-electron chi connectivity index (χ1n) is 33.4. The molecule has 12 rings (SSSR count). The second kappa shape index (κ2) is 43.1. The van der Waals surface area contributed by atoms with E-state index in [4.69, 9.17) is 125 Å². The van der Waals surface area contributed by atoms with Crippen LogP contribution >= 0.6 is 0 Å².